The van der Waals surface area contributed by atoms with E-state index in [1.807, 2.05) is 0 Å². The van der Waals surface area contributed by atoms with E-state index in [0.29, 0.717) is 11.5 Å². The highest BCUT2D eigenvalue weighted by Crippen LogP contribution is 2.34. The molecule has 3 aromatic rings. The van der Waals surface area contributed by atoms with Gasteiger partial charge in [-0.05, 0) is 37.8 Å². The van der Waals surface area contributed by atoms with Crippen molar-refractivity contribution in [1.82, 2.24) is 9.36 Å². The number of aromatic nitrogens is 2. The molecule has 4 rings (SSSR count). The Hall–Kier alpha value is -3.18. The van der Waals surface area contributed by atoms with Gasteiger partial charge in [-0.15, -0.1) is 0 Å². The van der Waals surface area contributed by atoms with Gasteiger partial charge in [0.2, 0.25) is 5.06 Å². The van der Waals surface area contributed by atoms with E-state index in [9.17, 15) is 18.0 Å². The van der Waals surface area contributed by atoms with Crippen molar-refractivity contribution in [3.05, 3.63) is 53.6 Å². The first-order valence-electron chi connectivity index (χ1n) is 9.92. The third-order valence-electron chi connectivity index (χ3n) is 5.15. The number of nitrogens with two attached hydrogens (primary N) is 2. The van der Waals surface area contributed by atoms with E-state index in [2.05, 4.69) is 14.7 Å². The summed E-state index contributed by atoms with van der Waals surface area (Å²) in [5.74, 6) is -3.89. The largest absolute Gasteiger partial charge is 0.478 e. The highest BCUT2D eigenvalue weighted by molar-refractivity contribution is 7.08. The summed E-state index contributed by atoms with van der Waals surface area (Å²) in [7, 11) is 0. The number of anilines is 2. The maximum Gasteiger partial charge on any atom is 0.276 e. The number of amides is 1. The molecule has 1 aromatic carbocycles. The maximum absolute atomic E-state index is 14.4. The Labute approximate surface area is 185 Å². The SMILES string of the molecule is Nc1cc(F)c(-c2c(F)cccc2F)nc1C(=O)Nc1cnsc1OC1CCCC(N)C1. The van der Waals surface area contributed by atoms with Gasteiger partial charge in [0, 0.05) is 23.6 Å². The number of nitrogens with zero attached hydrogens (tertiary/aromatic N) is 2. The predicted octanol–water partition coefficient (Wildman–Crippen LogP) is 4.11. The summed E-state index contributed by atoms with van der Waals surface area (Å²) in [6, 6.07) is 3.93. The van der Waals surface area contributed by atoms with Crippen molar-refractivity contribution in [2.75, 3.05) is 11.1 Å². The van der Waals surface area contributed by atoms with Gasteiger partial charge in [0.05, 0.1) is 17.4 Å². The number of hydrogen-bond donors (Lipinski definition) is 3. The number of halogens is 3. The minimum Gasteiger partial charge on any atom is -0.478 e. The maximum atomic E-state index is 14.4. The fraction of sp³-hybridized carbons (Fsp3) is 0.286. The smallest absolute Gasteiger partial charge is 0.276 e. The number of hydrogen-bond acceptors (Lipinski definition) is 7. The molecular weight excluding hydrogens is 443 g/mol. The minimum atomic E-state index is -1.06. The second kappa shape index (κ2) is 9.13. The third kappa shape index (κ3) is 4.53. The highest BCUT2D eigenvalue weighted by Gasteiger charge is 2.25. The summed E-state index contributed by atoms with van der Waals surface area (Å²) in [5, 5.41) is 2.96. The molecule has 2 heterocycles. The van der Waals surface area contributed by atoms with E-state index >= 15 is 0 Å². The zero-order valence-electron chi connectivity index (χ0n) is 16.8. The van der Waals surface area contributed by atoms with Crippen LogP contribution in [0.3, 0.4) is 0 Å². The van der Waals surface area contributed by atoms with Gasteiger partial charge in [-0.2, -0.15) is 4.37 Å². The molecule has 7 nitrogen and oxygen atoms in total. The van der Waals surface area contributed by atoms with Crippen molar-refractivity contribution in [1.29, 1.82) is 0 Å². The normalized spacial score (nSPS) is 18.4. The number of nitrogens with one attached hydrogen (secondary N) is 1. The molecule has 2 unspecified atom stereocenters. The number of carbonyl (C=O) groups is 1. The van der Waals surface area contributed by atoms with Crippen molar-refractivity contribution < 1.29 is 22.7 Å². The standard InChI is InChI=1S/C21H20F3N5O2S/c22-12-5-2-6-13(23)17(12)18-14(24)8-15(26)19(29-18)20(30)28-16-9-27-32-21(16)31-11-4-1-3-10(25)7-11/h2,5-6,8-11H,1,3-4,7,25-26H2,(H,28,30). The lowest BCUT2D eigenvalue weighted by Gasteiger charge is -2.26. The predicted molar refractivity (Wildman–Crippen MR) is 115 cm³/mol. The van der Waals surface area contributed by atoms with Gasteiger partial charge in [-0.3, -0.25) is 4.79 Å². The number of pyridine rings is 1. The quantitative estimate of drug-likeness (QED) is 0.525. The van der Waals surface area contributed by atoms with Crippen LogP contribution in [0.2, 0.25) is 0 Å². The molecule has 1 fully saturated rings. The first-order valence-corrected chi connectivity index (χ1v) is 10.7. The molecule has 2 atom stereocenters. The number of carbonyl (C=O) groups excluding carboxylic acids is 1. The van der Waals surface area contributed by atoms with Crippen LogP contribution in [0.5, 0.6) is 5.06 Å². The van der Waals surface area contributed by atoms with E-state index in [0.717, 1.165) is 55.1 Å². The van der Waals surface area contributed by atoms with Crippen LogP contribution >= 0.6 is 11.5 Å². The monoisotopic (exact) mass is 463 g/mol. The lowest BCUT2D eigenvalue weighted by Crippen LogP contribution is -2.33. The fourth-order valence-electron chi connectivity index (χ4n) is 3.60. The lowest BCUT2D eigenvalue weighted by molar-refractivity contribution is 0.102. The van der Waals surface area contributed by atoms with E-state index in [-0.39, 0.29) is 29.2 Å². The van der Waals surface area contributed by atoms with Crippen LogP contribution in [0.15, 0.2) is 30.5 Å². The first-order chi connectivity index (χ1) is 15.3. The second-order valence-electron chi connectivity index (χ2n) is 7.50. The Morgan fingerprint density at radius 3 is 2.66 bits per heavy atom. The van der Waals surface area contributed by atoms with Crippen LogP contribution in [0.1, 0.15) is 36.2 Å². The third-order valence-corrected chi connectivity index (χ3v) is 5.84. The van der Waals surface area contributed by atoms with E-state index < -0.39 is 34.6 Å². The Kier molecular flexibility index (Phi) is 6.28. The molecular formula is C21H20F3N5O2S. The Morgan fingerprint density at radius 1 is 1.19 bits per heavy atom. The number of benzene rings is 1. The molecule has 0 bridgehead atoms. The summed E-state index contributed by atoms with van der Waals surface area (Å²) in [6.45, 7) is 0. The molecule has 1 saturated carbocycles. The molecule has 0 spiro atoms. The summed E-state index contributed by atoms with van der Waals surface area (Å²) in [4.78, 5) is 16.7. The number of ether oxygens (including phenoxy) is 1. The molecule has 168 valence electrons. The van der Waals surface area contributed by atoms with Gasteiger partial charge in [0.15, 0.2) is 11.5 Å². The zero-order chi connectivity index (χ0) is 22.8. The van der Waals surface area contributed by atoms with Gasteiger partial charge >= 0.3 is 0 Å². The minimum absolute atomic E-state index is 0.0557. The Morgan fingerprint density at radius 2 is 1.94 bits per heavy atom. The molecule has 32 heavy (non-hydrogen) atoms. The fourth-order valence-corrected chi connectivity index (χ4v) is 4.24. The van der Waals surface area contributed by atoms with Crippen LogP contribution < -0.4 is 21.5 Å². The van der Waals surface area contributed by atoms with Crippen molar-refractivity contribution in [3.8, 4) is 16.3 Å². The molecule has 1 aliphatic rings. The van der Waals surface area contributed by atoms with Crippen LogP contribution in [0.4, 0.5) is 24.5 Å². The van der Waals surface area contributed by atoms with Crippen molar-refractivity contribution >= 4 is 28.8 Å². The van der Waals surface area contributed by atoms with Crippen molar-refractivity contribution in [2.24, 2.45) is 5.73 Å². The van der Waals surface area contributed by atoms with Crippen molar-refractivity contribution in [2.45, 2.75) is 37.8 Å². The highest BCUT2D eigenvalue weighted by atomic mass is 32.1. The van der Waals surface area contributed by atoms with Crippen LogP contribution in [0, 0.1) is 17.5 Å². The van der Waals surface area contributed by atoms with Crippen LogP contribution in [0.25, 0.3) is 11.3 Å². The molecule has 0 radical (unpaired) electrons. The molecule has 1 aliphatic carbocycles. The number of nitrogen functional groups attached to an aromatic ring is 1. The topological polar surface area (TPSA) is 116 Å². The number of rotatable bonds is 5. The first kappa shape index (κ1) is 22.0. The molecule has 11 heteroatoms. The molecule has 5 N–H and O–H groups in total. The van der Waals surface area contributed by atoms with E-state index in [1.165, 1.54) is 6.20 Å². The van der Waals surface area contributed by atoms with Gasteiger partial charge < -0.3 is 21.5 Å². The summed E-state index contributed by atoms with van der Waals surface area (Å²) < 4.78 is 52.7. The van der Waals surface area contributed by atoms with E-state index in [1.54, 1.807) is 0 Å². The Bertz CT molecular complexity index is 1140. The van der Waals surface area contributed by atoms with E-state index in [4.69, 9.17) is 16.2 Å². The van der Waals surface area contributed by atoms with Crippen LogP contribution in [-0.2, 0) is 0 Å². The second-order valence-corrected chi connectivity index (χ2v) is 8.27. The molecule has 0 saturated heterocycles. The van der Waals surface area contributed by atoms with Gasteiger partial charge in [0.25, 0.3) is 5.91 Å². The summed E-state index contributed by atoms with van der Waals surface area (Å²) in [6.07, 6.45) is 4.71. The zero-order valence-corrected chi connectivity index (χ0v) is 17.6. The van der Waals surface area contributed by atoms with Crippen molar-refractivity contribution in [3.63, 3.8) is 0 Å². The summed E-state index contributed by atoms with van der Waals surface area (Å²) in [5.41, 5.74) is 10.0. The molecule has 2 aromatic heterocycles. The van der Waals surface area contributed by atoms with Gasteiger partial charge in [-0.1, -0.05) is 6.07 Å². The molecule has 1 amide bonds. The Balaban J connectivity index is 1.59. The average molecular weight is 463 g/mol. The van der Waals surface area contributed by atoms with Gasteiger partial charge in [0.1, 0.15) is 29.1 Å². The average Bonchev–Trinajstić information content (AvgIpc) is 3.15. The van der Waals surface area contributed by atoms with Gasteiger partial charge in [-0.25, -0.2) is 18.2 Å². The molecule has 0 aliphatic heterocycles. The lowest BCUT2D eigenvalue weighted by atomic mass is 9.94. The van der Waals surface area contributed by atoms with Crippen LogP contribution in [-0.4, -0.2) is 27.4 Å². The summed E-state index contributed by atoms with van der Waals surface area (Å²) >= 11 is 1.05.